The largest absolute Gasteiger partial charge is 0.433 e. The minimum absolute atomic E-state index is 0.165. The summed E-state index contributed by atoms with van der Waals surface area (Å²) in [6, 6.07) is 3.78. The van der Waals surface area contributed by atoms with Crippen molar-refractivity contribution in [3.8, 4) is 0 Å². The van der Waals surface area contributed by atoms with Crippen molar-refractivity contribution in [3.05, 3.63) is 70.0 Å². The van der Waals surface area contributed by atoms with Crippen LogP contribution in [0.4, 0.5) is 18.9 Å². The highest BCUT2D eigenvalue weighted by molar-refractivity contribution is 6.32. The van der Waals surface area contributed by atoms with E-state index in [9.17, 15) is 18.0 Å². The average Bonchev–Trinajstić information content (AvgIpc) is 2.82. The van der Waals surface area contributed by atoms with Crippen LogP contribution in [-0.4, -0.2) is 48.9 Å². The quantitative estimate of drug-likeness (QED) is 0.357. The van der Waals surface area contributed by atoms with Gasteiger partial charge in [-0.15, -0.1) is 0 Å². The third kappa shape index (κ3) is 6.21. The highest BCUT2D eigenvalue weighted by Gasteiger charge is 2.33. The number of nitrogens with one attached hydrogen (secondary N) is 1. The molecule has 0 atom stereocenters. The molecule has 1 N–H and O–H groups in total. The number of morpholine rings is 1. The number of nitrogens with zero attached hydrogens (tertiary/aromatic N) is 4. The summed E-state index contributed by atoms with van der Waals surface area (Å²) in [6.07, 6.45) is -0.466. The molecule has 0 radical (unpaired) electrons. The van der Waals surface area contributed by atoms with Crippen LogP contribution < -0.4 is 10.2 Å². The van der Waals surface area contributed by atoms with Gasteiger partial charge in [0.25, 0.3) is 5.91 Å². The van der Waals surface area contributed by atoms with E-state index in [1.54, 1.807) is 26.1 Å². The smallest absolute Gasteiger partial charge is 0.378 e. The summed E-state index contributed by atoms with van der Waals surface area (Å²) in [5.74, 6) is -0.701. The third-order valence-corrected chi connectivity index (χ3v) is 5.39. The van der Waals surface area contributed by atoms with Gasteiger partial charge in [0.05, 0.1) is 18.9 Å². The second-order valence-corrected chi connectivity index (χ2v) is 7.86. The predicted octanol–water partition coefficient (Wildman–Crippen LogP) is 4.75. The Labute approximate surface area is 200 Å². The zero-order valence-electron chi connectivity index (χ0n) is 18.6. The number of amides is 1. The van der Waals surface area contributed by atoms with Gasteiger partial charge in [0.2, 0.25) is 0 Å². The Morgan fingerprint density at radius 1 is 1.24 bits per heavy atom. The summed E-state index contributed by atoms with van der Waals surface area (Å²) in [7, 11) is 0. The van der Waals surface area contributed by atoms with Gasteiger partial charge in [-0.25, -0.2) is 4.98 Å². The monoisotopic (exact) mass is 493 g/mol. The first-order valence-corrected chi connectivity index (χ1v) is 10.7. The van der Waals surface area contributed by atoms with Gasteiger partial charge in [0.1, 0.15) is 5.69 Å². The SMILES string of the molecule is C=N/C(C)=C(\C=C(/C)NC(=O)c1ccnc(C(F)(F)F)c1)c1cnc(Cl)c(N2CCOCC2)c1. The number of ether oxygens (including phenoxy) is 1. The standard InChI is InChI=1S/C23H23ClF3N5O2/c1-14(31-22(33)16-4-5-29-20(12-16)23(25,26)27)10-18(15(2)28-3)17-11-19(21(24)30-13-17)32-6-8-34-9-7-32/h4-5,10-13H,3,6-9H2,1-2H3,(H,31,33)/b14-10+,18-15+. The van der Waals surface area contributed by atoms with E-state index in [1.165, 1.54) is 6.07 Å². The number of rotatable bonds is 6. The maximum absolute atomic E-state index is 12.9. The van der Waals surface area contributed by atoms with E-state index in [1.807, 2.05) is 6.07 Å². The Hall–Kier alpha value is -3.24. The van der Waals surface area contributed by atoms with E-state index in [2.05, 4.69) is 31.9 Å². The van der Waals surface area contributed by atoms with Crippen LogP contribution >= 0.6 is 11.6 Å². The van der Waals surface area contributed by atoms with E-state index in [4.69, 9.17) is 16.3 Å². The van der Waals surface area contributed by atoms with E-state index >= 15 is 0 Å². The molecule has 180 valence electrons. The Morgan fingerprint density at radius 3 is 2.59 bits per heavy atom. The molecule has 34 heavy (non-hydrogen) atoms. The number of halogens is 4. The lowest BCUT2D eigenvalue weighted by Gasteiger charge is -2.29. The number of carbonyl (C=O) groups excluding carboxylic acids is 1. The summed E-state index contributed by atoms with van der Waals surface area (Å²) >= 11 is 6.33. The molecule has 1 aliphatic rings. The van der Waals surface area contributed by atoms with Crippen molar-refractivity contribution < 1.29 is 22.7 Å². The highest BCUT2D eigenvalue weighted by atomic mass is 35.5. The average molecular weight is 494 g/mol. The number of alkyl halides is 3. The Balaban J connectivity index is 1.89. The molecule has 1 amide bonds. The molecule has 2 aromatic rings. The lowest BCUT2D eigenvalue weighted by atomic mass is 10.0. The van der Waals surface area contributed by atoms with E-state index < -0.39 is 17.8 Å². The number of allylic oxidation sites excluding steroid dienone is 4. The molecular formula is C23H23ClF3N5O2. The zero-order chi connectivity index (χ0) is 24.9. The van der Waals surface area contributed by atoms with Gasteiger partial charge in [-0.05, 0) is 44.8 Å². The minimum Gasteiger partial charge on any atom is -0.378 e. The van der Waals surface area contributed by atoms with Crippen LogP contribution in [0.2, 0.25) is 5.15 Å². The first kappa shape index (κ1) is 25.4. The van der Waals surface area contributed by atoms with Crippen molar-refractivity contribution in [2.75, 3.05) is 31.2 Å². The molecule has 3 heterocycles. The summed E-state index contributed by atoms with van der Waals surface area (Å²) in [5.41, 5.74) is 1.69. The Kier molecular flexibility index (Phi) is 8.06. The molecule has 0 bridgehead atoms. The van der Waals surface area contributed by atoms with Gasteiger partial charge in [-0.1, -0.05) is 11.6 Å². The van der Waals surface area contributed by atoms with Crippen molar-refractivity contribution in [1.29, 1.82) is 0 Å². The van der Waals surface area contributed by atoms with E-state index in [0.717, 1.165) is 11.9 Å². The first-order chi connectivity index (χ1) is 16.1. The second-order valence-electron chi connectivity index (χ2n) is 7.50. The number of hydrogen-bond acceptors (Lipinski definition) is 6. The molecule has 1 aliphatic heterocycles. The van der Waals surface area contributed by atoms with Crippen LogP contribution in [0.15, 0.2) is 53.1 Å². The number of hydrogen-bond donors (Lipinski definition) is 1. The minimum atomic E-state index is -4.65. The highest BCUT2D eigenvalue weighted by Crippen LogP contribution is 2.31. The molecular weight excluding hydrogens is 471 g/mol. The van der Waals surface area contributed by atoms with Crippen molar-refractivity contribution in [2.24, 2.45) is 4.99 Å². The Bertz CT molecular complexity index is 1140. The van der Waals surface area contributed by atoms with Crippen LogP contribution in [0.1, 0.15) is 35.5 Å². The van der Waals surface area contributed by atoms with Crippen LogP contribution in [0, 0.1) is 0 Å². The van der Waals surface area contributed by atoms with Gasteiger partial charge < -0.3 is 15.0 Å². The summed E-state index contributed by atoms with van der Waals surface area (Å²) in [6.45, 7) is 9.42. The van der Waals surface area contributed by atoms with Crippen molar-refractivity contribution in [2.45, 2.75) is 20.0 Å². The predicted molar refractivity (Wildman–Crippen MR) is 125 cm³/mol. The van der Waals surface area contributed by atoms with Crippen LogP contribution in [-0.2, 0) is 10.9 Å². The Morgan fingerprint density at radius 2 is 1.94 bits per heavy atom. The molecule has 1 saturated heterocycles. The fourth-order valence-corrected chi connectivity index (χ4v) is 3.55. The number of anilines is 1. The number of carbonyl (C=O) groups is 1. The summed E-state index contributed by atoms with van der Waals surface area (Å²) < 4.78 is 44.2. The van der Waals surface area contributed by atoms with Crippen molar-refractivity contribution in [3.63, 3.8) is 0 Å². The van der Waals surface area contributed by atoms with Crippen molar-refractivity contribution >= 4 is 35.5 Å². The van der Waals surface area contributed by atoms with Gasteiger partial charge >= 0.3 is 6.18 Å². The molecule has 0 aliphatic carbocycles. The van der Waals surface area contributed by atoms with Gasteiger partial charge in [-0.2, -0.15) is 13.2 Å². The molecule has 2 aromatic heterocycles. The lowest BCUT2D eigenvalue weighted by molar-refractivity contribution is -0.141. The number of aliphatic imine (C=N–C) groups is 1. The number of pyridine rings is 2. The third-order valence-electron chi connectivity index (χ3n) is 5.09. The van der Waals surface area contributed by atoms with Gasteiger partial charge in [0.15, 0.2) is 5.15 Å². The molecule has 1 fully saturated rings. The van der Waals surface area contributed by atoms with E-state index in [-0.39, 0.29) is 5.56 Å². The fourth-order valence-electron chi connectivity index (χ4n) is 3.32. The molecule has 11 heteroatoms. The van der Waals surface area contributed by atoms with Crippen LogP contribution in [0.5, 0.6) is 0 Å². The van der Waals surface area contributed by atoms with Gasteiger partial charge in [-0.3, -0.25) is 14.8 Å². The topological polar surface area (TPSA) is 79.7 Å². The molecule has 0 unspecified atom stereocenters. The summed E-state index contributed by atoms with van der Waals surface area (Å²) in [5, 5.41) is 2.95. The second kappa shape index (κ2) is 10.8. The van der Waals surface area contributed by atoms with E-state index in [0.29, 0.717) is 60.1 Å². The molecule has 0 saturated carbocycles. The number of aromatic nitrogens is 2. The van der Waals surface area contributed by atoms with Crippen molar-refractivity contribution in [1.82, 2.24) is 15.3 Å². The summed E-state index contributed by atoms with van der Waals surface area (Å²) in [4.78, 5) is 26.2. The molecule has 7 nitrogen and oxygen atoms in total. The van der Waals surface area contributed by atoms with Gasteiger partial charge in [0, 0.05) is 53.6 Å². The normalized spacial score (nSPS) is 15.6. The lowest BCUT2D eigenvalue weighted by Crippen LogP contribution is -2.36. The van der Waals surface area contributed by atoms with Crippen LogP contribution in [0.3, 0.4) is 0 Å². The fraction of sp³-hybridized carbons (Fsp3) is 0.304. The zero-order valence-corrected chi connectivity index (χ0v) is 19.4. The first-order valence-electron chi connectivity index (χ1n) is 10.3. The molecule has 3 rings (SSSR count). The maximum atomic E-state index is 12.9. The molecule has 0 spiro atoms. The van der Waals surface area contributed by atoms with Crippen LogP contribution in [0.25, 0.3) is 5.57 Å². The molecule has 0 aromatic carbocycles. The maximum Gasteiger partial charge on any atom is 0.433 e.